The van der Waals surface area contributed by atoms with E-state index in [-0.39, 0.29) is 5.91 Å². The van der Waals surface area contributed by atoms with Crippen molar-refractivity contribution in [3.8, 4) is 17.0 Å². The van der Waals surface area contributed by atoms with Crippen molar-refractivity contribution in [1.82, 2.24) is 4.98 Å². The lowest BCUT2D eigenvalue weighted by Gasteiger charge is -2.04. The third-order valence-corrected chi connectivity index (χ3v) is 4.89. The number of methoxy groups -OCH3 is 1. The van der Waals surface area contributed by atoms with Gasteiger partial charge < -0.3 is 10.1 Å². The number of benzene rings is 2. The summed E-state index contributed by atoms with van der Waals surface area (Å²) >= 11 is 3.70. The van der Waals surface area contributed by atoms with E-state index in [1.807, 2.05) is 53.9 Å². The Balaban J connectivity index is 1.63. The monoisotopic (exact) mass is 450 g/mol. The number of hydrogen-bond acceptors (Lipinski definition) is 4. The second-order valence-electron chi connectivity index (χ2n) is 5.12. The van der Waals surface area contributed by atoms with Crippen molar-refractivity contribution >= 4 is 45.0 Å². The molecule has 0 saturated carbocycles. The van der Waals surface area contributed by atoms with Gasteiger partial charge in [-0.15, -0.1) is 11.3 Å². The summed E-state index contributed by atoms with van der Waals surface area (Å²) in [7, 11) is 1.62. The Hall–Kier alpha value is -1.93. The molecule has 0 aliphatic carbocycles. The summed E-state index contributed by atoms with van der Waals surface area (Å²) in [5.41, 5.74) is 2.85. The molecule has 3 rings (SSSR count). The van der Waals surface area contributed by atoms with Gasteiger partial charge in [-0.25, -0.2) is 4.98 Å². The third kappa shape index (κ3) is 4.33. The summed E-state index contributed by atoms with van der Waals surface area (Å²) in [5, 5.41) is 5.42. The SMILES string of the molecule is COc1ccc(CC(=O)Nc2nc(-c3ccc(I)cc3)cs2)cc1. The van der Waals surface area contributed by atoms with E-state index >= 15 is 0 Å². The molecular weight excluding hydrogens is 435 g/mol. The fourth-order valence-corrected chi connectivity index (χ4v) is 3.27. The van der Waals surface area contributed by atoms with Gasteiger partial charge in [0.15, 0.2) is 5.13 Å². The minimum atomic E-state index is -0.0799. The lowest BCUT2D eigenvalue weighted by atomic mass is 10.1. The fraction of sp³-hybridized carbons (Fsp3) is 0.111. The Labute approximate surface area is 158 Å². The lowest BCUT2D eigenvalue weighted by Crippen LogP contribution is -2.14. The molecule has 1 aromatic heterocycles. The Kier molecular flexibility index (Phi) is 5.47. The van der Waals surface area contributed by atoms with Crippen molar-refractivity contribution in [2.45, 2.75) is 6.42 Å². The van der Waals surface area contributed by atoms with Crippen molar-refractivity contribution in [1.29, 1.82) is 0 Å². The average molecular weight is 450 g/mol. The van der Waals surface area contributed by atoms with Crippen LogP contribution in [0.15, 0.2) is 53.9 Å². The molecule has 3 aromatic rings. The number of carbonyl (C=O) groups excluding carboxylic acids is 1. The van der Waals surface area contributed by atoms with Gasteiger partial charge in [-0.3, -0.25) is 4.79 Å². The van der Waals surface area contributed by atoms with Crippen molar-refractivity contribution in [3.05, 3.63) is 63.0 Å². The molecule has 0 spiro atoms. The van der Waals surface area contributed by atoms with E-state index in [0.29, 0.717) is 11.6 Å². The van der Waals surface area contributed by atoms with Gasteiger partial charge in [0.25, 0.3) is 0 Å². The summed E-state index contributed by atoms with van der Waals surface area (Å²) in [6.07, 6.45) is 0.308. The summed E-state index contributed by atoms with van der Waals surface area (Å²) in [5.74, 6) is 0.699. The predicted molar refractivity (Wildman–Crippen MR) is 106 cm³/mol. The van der Waals surface area contributed by atoms with E-state index in [0.717, 1.165) is 22.6 Å². The first kappa shape index (κ1) is 16.9. The van der Waals surface area contributed by atoms with Gasteiger partial charge in [-0.1, -0.05) is 24.3 Å². The molecular formula is C18H15IN2O2S. The van der Waals surface area contributed by atoms with Crippen LogP contribution in [-0.2, 0) is 11.2 Å². The zero-order valence-corrected chi connectivity index (χ0v) is 15.9. The van der Waals surface area contributed by atoms with Crippen LogP contribution in [0.3, 0.4) is 0 Å². The van der Waals surface area contributed by atoms with Crippen LogP contribution in [0.5, 0.6) is 5.75 Å². The first-order valence-corrected chi connectivity index (χ1v) is 9.24. The van der Waals surface area contributed by atoms with Crippen molar-refractivity contribution in [2.24, 2.45) is 0 Å². The van der Waals surface area contributed by atoms with Gasteiger partial charge in [-0.2, -0.15) is 0 Å². The number of carbonyl (C=O) groups is 1. The number of ether oxygens (including phenoxy) is 1. The van der Waals surface area contributed by atoms with E-state index < -0.39 is 0 Å². The van der Waals surface area contributed by atoms with Gasteiger partial charge in [0.05, 0.1) is 19.2 Å². The lowest BCUT2D eigenvalue weighted by molar-refractivity contribution is -0.115. The van der Waals surface area contributed by atoms with Crippen LogP contribution < -0.4 is 10.1 Å². The van der Waals surface area contributed by atoms with Gasteiger partial charge in [-0.05, 0) is 52.4 Å². The number of thiazole rings is 1. The molecule has 1 N–H and O–H groups in total. The van der Waals surface area contributed by atoms with Crippen LogP contribution in [0, 0.1) is 3.57 Å². The van der Waals surface area contributed by atoms with E-state index in [9.17, 15) is 4.79 Å². The van der Waals surface area contributed by atoms with Crippen molar-refractivity contribution in [3.63, 3.8) is 0 Å². The Morgan fingerprint density at radius 1 is 1.17 bits per heavy atom. The smallest absolute Gasteiger partial charge is 0.230 e. The Morgan fingerprint density at radius 3 is 2.54 bits per heavy atom. The van der Waals surface area contributed by atoms with Crippen LogP contribution in [-0.4, -0.2) is 18.0 Å². The number of aromatic nitrogens is 1. The molecule has 6 heteroatoms. The largest absolute Gasteiger partial charge is 0.497 e. The van der Waals surface area contributed by atoms with E-state index in [4.69, 9.17) is 4.74 Å². The standard InChI is InChI=1S/C18H15IN2O2S/c1-23-15-8-2-12(3-9-15)10-17(22)21-18-20-16(11-24-18)13-4-6-14(19)7-5-13/h2-9,11H,10H2,1H3,(H,20,21,22). The summed E-state index contributed by atoms with van der Waals surface area (Å²) in [6, 6.07) is 15.6. The first-order valence-electron chi connectivity index (χ1n) is 7.28. The summed E-state index contributed by atoms with van der Waals surface area (Å²) in [4.78, 5) is 16.6. The second-order valence-corrected chi connectivity index (χ2v) is 7.22. The van der Waals surface area contributed by atoms with Gasteiger partial charge in [0.1, 0.15) is 5.75 Å². The first-order chi connectivity index (χ1) is 11.6. The molecule has 0 fully saturated rings. The minimum absolute atomic E-state index is 0.0799. The summed E-state index contributed by atoms with van der Waals surface area (Å²) < 4.78 is 6.29. The van der Waals surface area contributed by atoms with E-state index in [1.54, 1.807) is 7.11 Å². The quantitative estimate of drug-likeness (QED) is 0.578. The third-order valence-electron chi connectivity index (χ3n) is 3.41. The molecule has 1 heterocycles. The highest BCUT2D eigenvalue weighted by Crippen LogP contribution is 2.25. The molecule has 0 bridgehead atoms. The van der Waals surface area contributed by atoms with Gasteiger partial charge in [0.2, 0.25) is 5.91 Å². The zero-order valence-electron chi connectivity index (χ0n) is 13.0. The summed E-state index contributed by atoms with van der Waals surface area (Å²) in [6.45, 7) is 0. The molecule has 0 atom stereocenters. The maximum Gasteiger partial charge on any atom is 0.230 e. The zero-order chi connectivity index (χ0) is 16.9. The molecule has 122 valence electrons. The minimum Gasteiger partial charge on any atom is -0.497 e. The second kappa shape index (κ2) is 7.76. The molecule has 4 nitrogen and oxygen atoms in total. The van der Waals surface area contributed by atoms with Crippen LogP contribution in [0.2, 0.25) is 0 Å². The number of anilines is 1. The van der Waals surface area contributed by atoms with Gasteiger partial charge in [0, 0.05) is 14.5 Å². The number of amides is 1. The highest BCUT2D eigenvalue weighted by atomic mass is 127. The van der Waals surface area contributed by atoms with Crippen molar-refractivity contribution < 1.29 is 9.53 Å². The van der Waals surface area contributed by atoms with Crippen molar-refractivity contribution in [2.75, 3.05) is 12.4 Å². The fourth-order valence-electron chi connectivity index (χ4n) is 2.18. The van der Waals surface area contributed by atoms with E-state index in [1.165, 1.54) is 14.9 Å². The normalized spacial score (nSPS) is 10.4. The number of nitrogens with one attached hydrogen (secondary N) is 1. The number of hydrogen-bond donors (Lipinski definition) is 1. The van der Waals surface area contributed by atoms with Crippen LogP contribution in [0.25, 0.3) is 11.3 Å². The Morgan fingerprint density at radius 2 is 1.88 bits per heavy atom. The molecule has 24 heavy (non-hydrogen) atoms. The molecule has 0 radical (unpaired) electrons. The average Bonchev–Trinajstić information content (AvgIpc) is 3.04. The predicted octanol–water partition coefficient (Wildman–Crippen LogP) is 4.60. The Bertz CT molecular complexity index is 829. The topological polar surface area (TPSA) is 51.2 Å². The molecule has 2 aromatic carbocycles. The molecule has 0 saturated heterocycles. The maximum atomic E-state index is 12.2. The highest BCUT2D eigenvalue weighted by Gasteiger charge is 2.09. The molecule has 0 aliphatic heterocycles. The van der Waals surface area contributed by atoms with Crippen LogP contribution >= 0.6 is 33.9 Å². The maximum absolute atomic E-state index is 12.2. The number of rotatable bonds is 5. The number of halogens is 1. The van der Waals surface area contributed by atoms with Crippen LogP contribution in [0.1, 0.15) is 5.56 Å². The molecule has 0 aliphatic rings. The number of nitrogens with zero attached hydrogens (tertiary/aromatic N) is 1. The van der Waals surface area contributed by atoms with Crippen LogP contribution in [0.4, 0.5) is 5.13 Å². The molecule has 0 unspecified atom stereocenters. The van der Waals surface area contributed by atoms with Gasteiger partial charge >= 0.3 is 0 Å². The molecule has 1 amide bonds. The van der Waals surface area contributed by atoms with E-state index in [2.05, 4.69) is 32.9 Å². The highest BCUT2D eigenvalue weighted by molar-refractivity contribution is 14.1.